The van der Waals surface area contributed by atoms with Gasteiger partial charge in [0.15, 0.2) is 7.28 Å². The van der Waals surface area contributed by atoms with E-state index in [4.69, 9.17) is 0 Å². The summed E-state index contributed by atoms with van der Waals surface area (Å²) in [5.74, 6) is 0. The SMILES string of the molecule is [B]1c2c(-c3cccc4c3[nH]c3c5ccccc5sc43)cc3ccccc3c2-n2c3sc4ccccc4c3c3cccc1c32. The smallest absolute Gasteiger partial charge is 0.197 e. The van der Waals surface area contributed by atoms with Crippen molar-refractivity contribution in [1.82, 2.24) is 9.55 Å². The highest BCUT2D eigenvalue weighted by Crippen LogP contribution is 2.45. The van der Waals surface area contributed by atoms with E-state index in [2.05, 4.69) is 132 Å². The van der Waals surface area contributed by atoms with Gasteiger partial charge in [-0.05, 0) is 34.6 Å². The maximum absolute atomic E-state index is 3.90. The van der Waals surface area contributed by atoms with Crippen LogP contribution in [0.5, 0.6) is 0 Å². The van der Waals surface area contributed by atoms with Gasteiger partial charge in [0.1, 0.15) is 4.83 Å². The van der Waals surface area contributed by atoms with Crippen LogP contribution in [0.25, 0.3) is 90.0 Å². The summed E-state index contributed by atoms with van der Waals surface area (Å²) in [6.45, 7) is 0. The lowest BCUT2D eigenvalue weighted by Gasteiger charge is -2.25. The lowest BCUT2D eigenvalue weighted by molar-refractivity contribution is 1.22. The molecule has 0 unspecified atom stereocenters. The summed E-state index contributed by atoms with van der Waals surface area (Å²) in [6.07, 6.45) is 0. The van der Waals surface area contributed by atoms with E-state index in [1.54, 1.807) is 0 Å². The van der Waals surface area contributed by atoms with E-state index in [9.17, 15) is 0 Å². The first-order chi connectivity index (χ1) is 21.3. The average molecular weight is 580 g/mol. The maximum Gasteiger partial charge on any atom is 0.197 e. The van der Waals surface area contributed by atoms with Gasteiger partial charge in [-0.15, -0.1) is 22.7 Å². The van der Waals surface area contributed by atoms with Crippen molar-refractivity contribution in [3.8, 4) is 16.8 Å². The molecule has 1 N–H and O–H groups in total. The fraction of sp³-hybridized carbons (Fsp3) is 0. The minimum Gasteiger partial charge on any atom is -0.353 e. The van der Waals surface area contributed by atoms with E-state index in [1.165, 1.54) is 101 Å². The number of hydrogen-bond donors (Lipinski definition) is 1. The summed E-state index contributed by atoms with van der Waals surface area (Å²) in [7, 11) is 2.44. The molecule has 0 atom stereocenters. The normalized spacial score (nSPS) is 12.8. The Labute approximate surface area is 254 Å². The molecule has 5 heterocycles. The van der Waals surface area contributed by atoms with Gasteiger partial charge >= 0.3 is 0 Å². The van der Waals surface area contributed by atoms with Crippen LogP contribution in [-0.4, -0.2) is 16.8 Å². The zero-order valence-corrected chi connectivity index (χ0v) is 24.4. The average Bonchev–Trinajstić information content (AvgIpc) is 3.79. The van der Waals surface area contributed by atoms with Crippen molar-refractivity contribution in [3.05, 3.63) is 115 Å². The number of fused-ring (bicyclic) bond motifs is 14. The second-order valence-corrected chi connectivity index (χ2v) is 13.6. The lowest BCUT2D eigenvalue weighted by Crippen LogP contribution is -2.37. The number of H-pyrrole nitrogens is 1. The van der Waals surface area contributed by atoms with Crippen LogP contribution in [0.3, 0.4) is 0 Å². The summed E-state index contributed by atoms with van der Waals surface area (Å²) < 4.78 is 6.57. The summed E-state index contributed by atoms with van der Waals surface area (Å²) in [5, 5.41) is 9.18. The molecule has 197 valence electrons. The third-order valence-electron chi connectivity index (χ3n) is 9.37. The first-order valence-corrected chi connectivity index (χ1v) is 16.2. The summed E-state index contributed by atoms with van der Waals surface area (Å²) in [6, 6.07) is 42.5. The standard InChI is InChI=1S/C38H20BN2S2/c1-2-10-21-20(9-1)19-27(22-13-7-15-26-33(22)40-34-24-12-4-6-18-30(24)42-37(26)34)32-36(21)41-35-25(14-8-16-28(35)39-32)31-23-11-3-5-17-29(23)43-38(31)41/h1-19,40H. The van der Waals surface area contributed by atoms with E-state index in [0.717, 1.165) is 0 Å². The Balaban J connectivity index is 1.31. The minimum atomic E-state index is 1.21. The van der Waals surface area contributed by atoms with E-state index in [1.807, 2.05) is 22.7 Å². The molecule has 0 spiro atoms. The highest BCUT2D eigenvalue weighted by molar-refractivity contribution is 7.27. The largest absolute Gasteiger partial charge is 0.353 e. The van der Waals surface area contributed by atoms with Gasteiger partial charge in [-0.3, -0.25) is 0 Å². The van der Waals surface area contributed by atoms with Gasteiger partial charge in [-0.25, -0.2) is 0 Å². The van der Waals surface area contributed by atoms with E-state index < -0.39 is 0 Å². The predicted molar refractivity (Wildman–Crippen MR) is 189 cm³/mol. The molecule has 0 saturated heterocycles. The molecule has 4 aromatic heterocycles. The van der Waals surface area contributed by atoms with Gasteiger partial charge in [0, 0.05) is 58.5 Å². The Kier molecular flexibility index (Phi) is 4.20. The molecule has 2 nitrogen and oxygen atoms in total. The first kappa shape index (κ1) is 22.7. The van der Waals surface area contributed by atoms with Gasteiger partial charge in [0.05, 0.1) is 15.7 Å². The van der Waals surface area contributed by atoms with Crippen molar-refractivity contribution in [2.45, 2.75) is 0 Å². The van der Waals surface area contributed by atoms with Gasteiger partial charge in [0.25, 0.3) is 0 Å². The Bertz CT molecular complexity index is 2830. The molecule has 0 bridgehead atoms. The van der Waals surface area contributed by atoms with Crippen LogP contribution in [0.4, 0.5) is 0 Å². The molecule has 0 saturated carbocycles. The van der Waals surface area contributed by atoms with Crippen LogP contribution in [0, 0.1) is 0 Å². The number of benzene rings is 6. The number of rotatable bonds is 1. The number of thiophene rings is 2. The molecule has 0 fully saturated rings. The molecule has 5 heteroatoms. The molecule has 1 aliphatic heterocycles. The van der Waals surface area contributed by atoms with Crippen LogP contribution in [0.1, 0.15) is 0 Å². The molecular weight excluding hydrogens is 559 g/mol. The van der Waals surface area contributed by atoms with Gasteiger partial charge in [-0.1, -0.05) is 103 Å². The van der Waals surface area contributed by atoms with Crippen molar-refractivity contribution in [2.24, 2.45) is 0 Å². The molecule has 1 aliphatic rings. The third-order valence-corrected chi connectivity index (χ3v) is 11.7. The molecule has 1 radical (unpaired) electrons. The summed E-state index contributed by atoms with van der Waals surface area (Å²) in [5.41, 5.74) is 10.1. The number of para-hydroxylation sites is 2. The number of hydrogen-bond acceptors (Lipinski definition) is 2. The zero-order valence-electron chi connectivity index (χ0n) is 22.8. The number of nitrogens with one attached hydrogen (secondary N) is 1. The van der Waals surface area contributed by atoms with E-state index in [0.29, 0.717) is 0 Å². The van der Waals surface area contributed by atoms with Crippen LogP contribution in [0.15, 0.2) is 115 Å². The molecular formula is C38H20BN2S2. The molecule has 6 aromatic carbocycles. The molecule has 43 heavy (non-hydrogen) atoms. The van der Waals surface area contributed by atoms with E-state index in [-0.39, 0.29) is 0 Å². The third kappa shape index (κ3) is 2.80. The van der Waals surface area contributed by atoms with Crippen molar-refractivity contribution < 1.29 is 0 Å². The maximum atomic E-state index is 3.90. The highest BCUT2D eigenvalue weighted by Gasteiger charge is 2.29. The number of aromatic amines is 1. The predicted octanol–water partition coefficient (Wildman–Crippen LogP) is 9.64. The molecule has 10 aromatic rings. The molecule has 11 rings (SSSR count). The van der Waals surface area contributed by atoms with Crippen molar-refractivity contribution in [3.63, 3.8) is 0 Å². The van der Waals surface area contributed by atoms with Crippen LogP contribution in [0.2, 0.25) is 0 Å². The summed E-state index contributed by atoms with van der Waals surface area (Å²) in [4.78, 5) is 5.22. The monoisotopic (exact) mass is 579 g/mol. The molecule has 0 aliphatic carbocycles. The van der Waals surface area contributed by atoms with Gasteiger partial charge in [-0.2, -0.15) is 0 Å². The Morgan fingerprint density at radius 3 is 2.21 bits per heavy atom. The quantitative estimate of drug-likeness (QED) is 0.187. The number of nitrogens with zero attached hydrogens (tertiary/aromatic N) is 1. The second-order valence-electron chi connectivity index (χ2n) is 11.6. The first-order valence-electron chi connectivity index (χ1n) is 14.6. The fourth-order valence-corrected chi connectivity index (χ4v) is 10.0. The Morgan fingerprint density at radius 2 is 1.30 bits per heavy atom. The fourth-order valence-electron chi connectivity index (χ4n) is 7.59. The van der Waals surface area contributed by atoms with Crippen LogP contribution >= 0.6 is 22.7 Å². The van der Waals surface area contributed by atoms with Crippen molar-refractivity contribution in [1.29, 1.82) is 0 Å². The topological polar surface area (TPSA) is 20.7 Å². The van der Waals surface area contributed by atoms with E-state index >= 15 is 0 Å². The molecule has 0 amide bonds. The van der Waals surface area contributed by atoms with Gasteiger partial charge < -0.3 is 9.55 Å². The minimum absolute atomic E-state index is 1.21. The number of aromatic nitrogens is 2. The van der Waals surface area contributed by atoms with Crippen molar-refractivity contribution >= 4 is 114 Å². The van der Waals surface area contributed by atoms with Crippen molar-refractivity contribution in [2.75, 3.05) is 0 Å². The summed E-state index contributed by atoms with van der Waals surface area (Å²) >= 11 is 3.79. The van der Waals surface area contributed by atoms with Gasteiger partial charge in [0.2, 0.25) is 0 Å². The Hall–Kier alpha value is -4.84. The Morgan fingerprint density at radius 1 is 0.581 bits per heavy atom. The van der Waals surface area contributed by atoms with Crippen LogP contribution < -0.4 is 10.9 Å². The highest BCUT2D eigenvalue weighted by atomic mass is 32.1. The van der Waals surface area contributed by atoms with Crippen LogP contribution in [-0.2, 0) is 0 Å². The second kappa shape index (κ2) is 7.96. The lowest BCUT2D eigenvalue weighted by atomic mass is 9.58. The zero-order chi connectivity index (χ0) is 27.8.